The topological polar surface area (TPSA) is 55.1 Å². The molecule has 1 amide bonds. The minimum absolute atomic E-state index is 0.148. The van der Waals surface area contributed by atoms with E-state index in [4.69, 9.17) is 5.73 Å². The molecule has 0 bridgehead atoms. The quantitative estimate of drug-likeness (QED) is 0.760. The number of nitrogens with two attached hydrogens (primary N) is 1. The number of alkyl halides is 2. The maximum atomic E-state index is 11.9. The normalized spacial score (nSPS) is 19.8. The van der Waals surface area contributed by atoms with Gasteiger partial charge >= 0.3 is 0 Å². The Morgan fingerprint density at radius 2 is 1.94 bits per heavy atom. The molecule has 1 saturated carbocycles. The van der Waals surface area contributed by atoms with Crippen LogP contribution in [0.25, 0.3) is 0 Å². The van der Waals surface area contributed by atoms with Gasteiger partial charge in [-0.3, -0.25) is 4.79 Å². The minimum Gasteiger partial charge on any atom is -0.350 e. The predicted molar refractivity (Wildman–Crippen MR) is 58.2 cm³/mol. The predicted octanol–water partition coefficient (Wildman–Crippen LogP) is 1.67. The molecule has 0 aromatic heterocycles. The lowest BCUT2D eigenvalue weighted by Gasteiger charge is -2.35. The molecule has 1 fully saturated rings. The average Bonchev–Trinajstić information content (AvgIpc) is 2.28. The molecule has 3 nitrogen and oxygen atoms in total. The van der Waals surface area contributed by atoms with Crippen molar-refractivity contribution in [1.82, 2.24) is 5.32 Å². The molecule has 1 rings (SSSR count). The van der Waals surface area contributed by atoms with Crippen LogP contribution in [-0.2, 0) is 4.79 Å². The molecule has 0 saturated heterocycles. The van der Waals surface area contributed by atoms with Gasteiger partial charge < -0.3 is 11.1 Å². The molecule has 5 heteroatoms. The van der Waals surface area contributed by atoms with Gasteiger partial charge in [0.2, 0.25) is 5.91 Å². The number of carbonyl (C=O) groups is 1. The third kappa shape index (κ3) is 4.04. The van der Waals surface area contributed by atoms with Gasteiger partial charge in [-0.2, -0.15) is 0 Å². The van der Waals surface area contributed by atoms with Crippen LogP contribution in [0.3, 0.4) is 0 Å². The first-order valence-corrected chi connectivity index (χ1v) is 5.83. The summed E-state index contributed by atoms with van der Waals surface area (Å²) in [5.41, 5.74) is 5.57. The van der Waals surface area contributed by atoms with Crippen molar-refractivity contribution in [1.29, 1.82) is 0 Å². The van der Waals surface area contributed by atoms with Crippen molar-refractivity contribution in [2.45, 2.75) is 45.0 Å². The molecule has 0 radical (unpaired) electrons. The summed E-state index contributed by atoms with van der Waals surface area (Å²) in [5.74, 6) is -0.298. The lowest BCUT2D eigenvalue weighted by atomic mass is 9.71. The second-order valence-electron chi connectivity index (χ2n) is 4.64. The lowest BCUT2D eigenvalue weighted by molar-refractivity contribution is -0.124. The van der Waals surface area contributed by atoms with Crippen molar-refractivity contribution < 1.29 is 13.6 Å². The number of hydrogen-bond donors (Lipinski definition) is 2. The molecule has 94 valence electrons. The van der Waals surface area contributed by atoms with E-state index in [1.807, 2.05) is 0 Å². The van der Waals surface area contributed by atoms with E-state index in [2.05, 4.69) is 5.32 Å². The molecule has 0 aliphatic heterocycles. The highest BCUT2D eigenvalue weighted by atomic mass is 19.3. The van der Waals surface area contributed by atoms with Gasteiger partial charge in [-0.25, -0.2) is 8.78 Å². The van der Waals surface area contributed by atoms with Crippen molar-refractivity contribution in [3.63, 3.8) is 0 Å². The zero-order chi connectivity index (χ0) is 12.0. The van der Waals surface area contributed by atoms with E-state index in [0.29, 0.717) is 6.54 Å². The highest BCUT2D eigenvalue weighted by molar-refractivity contribution is 5.76. The smallest absolute Gasteiger partial charge is 0.255 e. The first-order valence-electron chi connectivity index (χ1n) is 5.83. The fourth-order valence-corrected chi connectivity index (χ4v) is 2.35. The summed E-state index contributed by atoms with van der Waals surface area (Å²) in [6, 6.07) is 0. The molecule has 0 aromatic rings. The largest absolute Gasteiger partial charge is 0.350 e. The summed E-state index contributed by atoms with van der Waals surface area (Å²) in [4.78, 5) is 11.5. The van der Waals surface area contributed by atoms with E-state index in [9.17, 15) is 13.6 Å². The van der Waals surface area contributed by atoms with Crippen LogP contribution in [0.15, 0.2) is 0 Å². The summed E-state index contributed by atoms with van der Waals surface area (Å²) in [5, 5.41) is 2.24. The molecular formula is C11H20F2N2O. The molecule has 0 spiro atoms. The van der Waals surface area contributed by atoms with Crippen LogP contribution in [0, 0.1) is 5.41 Å². The molecule has 0 aromatic carbocycles. The zero-order valence-electron chi connectivity index (χ0n) is 9.48. The Bertz CT molecular complexity index is 228. The van der Waals surface area contributed by atoms with E-state index in [-0.39, 0.29) is 17.7 Å². The van der Waals surface area contributed by atoms with Crippen LogP contribution in [0.5, 0.6) is 0 Å². The molecule has 0 unspecified atom stereocenters. The Kier molecular flexibility index (Phi) is 5.12. The van der Waals surface area contributed by atoms with Crippen molar-refractivity contribution in [2.24, 2.45) is 11.1 Å². The van der Waals surface area contributed by atoms with Crippen LogP contribution in [0.2, 0.25) is 0 Å². The average molecular weight is 234 g/mol. The van der Waals surface area contributed by atoms with Crippen molar-refractivity contribution in [3.8, 4) is 0 Å². The zero-order valence-corrected chi connectivity index (χ0v) is 9.48. The number of amides is 1. The highest BCUT2D eigenvalue weighted by Crippen LogP contribution is 2.38. The first kappa shape index (κ1) is 13.4. The molecule has 1 aliphatic rings. The van der Waals surface area contributed by atoms with E-state index < -0.39 is 13.0 Å². The maximum Gasteiger partial charge on any atom is 0.255 e. The number of carbonyl (C=O) groups excluding carboxylic acids is 1. The van der Waals surface area contributed by atoms with Gasteiger partial charge in [0.05, 0.1) is 6.54 Å². The first-order chi connectivity index (χ1) is 7.58. The van der Waals surface area contributed by atoms with E-state index >= 15 is 0 Å². The van der Waals surface area contributed by atoms with Crippen molar-refractivity contribution >= 4 is 5.91 Å². The fraction of sp³-hybridized carbons (Fsp3) is 0.909. The van der Waals surface area contributed by atoms with Gasteiger partial charge in [0.25, 0.3) is 6.43 Å². The third-order valence-electron chi connectivity index (χ3n) is 3.34. The Morgan fingerprint density at radius 1 is 1.31 bits per heavy atom. The van der Waals surface area contributed by atoms with E-state index in [1.54, 1.807) is 0 Å². The van der Waals surface area contributed by atoms with Gasteiger partial charge in [0.1, 0.15) is 0 Å². The Balaban J connectivity index is 2.39. The third-order valence-corrected chi connectivity index (χ3v) is 3.34. The Labute approximate surface area is 94.8 Å². The molecule has 3 N–H and O–H groups in total. The standard InChI is InChI=1S/C11H20F2N2O/c12-9(13)7-15-10(16)6-11(8-14)4-2-1-3-5-11/h9H,1-8,14H2,(H,15,16). The second-order valence-corrected chi connectivity index (χ2v) is 4.64. The van der Waals surface area contributed by atoms with Gasteiger partial charge in [0.15, 0.2) is 0 Å². The summed E-state index contributed by atoms with van der Waals surface area (Å²) >= 11 is 0. The molecular weight excluding hydrogens is 214 g/mol. The molecule has 16 heavy (non-hydrogen) atoms. The fourth-order valence-electron chi connectivity index (χ4n) is 2.35. The molecule has 0 atom stereocenters. The number of hydrogen-bond acceptors (Lipinski definition) is 2. The second kappa shape index (κ2) is 6.13. The van der Waals surface area contributed by atoms with Crippen LogP contribution in [0.1, 0.15) is 38.5 Å². The van der Waals surface area contributed by atoms with Crippen LogP contribution in [0.4, 0.5) is 8.78 Å². The summed E-state index contributed by atoms with van der Waals surface area (Å²) in [7, 11) is 0. The van der Waals surface area contributed by atoms with E-state index in [1.165, 1.54) is 6.42 Å². The van der Waals surface area contributed by atoms with E-state index in [0.717, 1.165) is 25.7 Å². The van der Waals surface area contributed by atoms with Gasteiger partial charge in [0, 0.05) is 6.42 Å². The number of rotatable bonds is 5. The monoisotopic (exact) mass is 234 g/mol. The molecule has 0 heterocycles. The summed E-state index contributed by atoms with van der Waals surface area (Å²) < 4.78 is 23.8. The SMILES string of the molecule is NCC1(CC(=O)NCC(F)F)CCCCC1. The Morgan fingerprint density at radius 3 is 2.44 bits per heavy atom. The maximum absolute atomic E-state index is 11.9. The van der Waals surface area contributed by atoms with Crippen LogP contribution < -0.4 is 11.1 Å². The van der Waals surface area contributed by atoms with Gasteiger partial charge in [-0.15, -0.1) is 0 Å². The number of halogens is 2. The van der Waals surface area contributed by atoms with Crippen LogP contribution in [-0.4, -0.2) is 25.4 Å². The van der Waals surface area contributed by atoms with Crippen molar-refractivity contribution in [2.75, 3.05) is 13.1 Å². The van der Waals surface area contributed by atoms with Crippen molar-refractivity contribution in [3.05, 3.63) is 0 Å². The van der Waals surface area contributed by atoms with Gasteiger partial charge in [-0.1, -0.05) is 19.3 Å². The molecule has 1 aliphatic carbocycles. The highest BCUT2D eigenvalue weighted by Gasteiger charge is 2.32. The van der Waals surface area contributed by atoms with Crippen LogP contribution >= 0.6 is 0 Å². The summed E-state index contributed by atoms with van der Waals surface area (Å²) in [6.07, 6.45) is 3.02. The minimum atomic E-state index is -2.48. The lowest BCUT2D eigenvalue weighted by Crippen LogP contribution is -2.39. The Hall–Kier alpha value is -0.710. The summed E-state index contributed by atoms with van der Waals surface area (Å²) in [6.45, 7) is -0.0887. The number of nitrogens with one attached hydrogen (secondary N) is 1. The van der Waals surface area contributed by atoms with Gasteiger partial charge in [-0.05, 0) is 24.8 Å².